The van der Waals surface area contributed by atoms with Crippen LogP contribution in [0.3, 0.4) is 0 Å². The monoisotopic (exact) mass is 509 g/mol. The van der Waals surface area contributed by atoms with Crippen molar-refractivity contribution in [2.75, 3.05) is 5.73 Å². The molecule has 6 nitrogen and oxygen atoms in total. The second-order valence-corrected chi connectivity index (χ2v) is 15.0. The SMILES string of the molecule is CC(C)(C)[Si](C)(C)OCc1ccc(-n2c(-c3cccnc3N)nc3ccc(Br)nc32)cc1. The molecule has 0 aliphatic carbocycles. The lowest BCUT2D eigenvalue weighted by Crippen LogP contribution is -2.40. The second-order valence-electron chi connectivity index (χ2n) is 9.40. The van der Waals surface area contributed by atoms with Gasteiger partial charge >= 0.3 is 0 Å². The van der Waals surface area contributed by atoms with Crippen molar-refractivity contribution in [1.82, 2.24) is 19.5 Å². The minimum absolute atomic E-state index is 0.181. The van der Waals surface area contributed by atoms with Gasteiger partial charge < -0.3 is 10.2 Å². The summed E-state index contributed by atoms with van der Waals surface area (Å²) in [5, 5.41) is 0.181. The molecule has 0 spiro atoms. The minimum atomic E-state index is -1.81. The number of imidazole rings is 1. The van der Waals surface area contributed by atoms with E-state index >= 15 is 0 Å². The summed E-state index contributed by atoms with van der Waals surface area (Å²) in [6.07, 6.45) is 1.68. The molecule has 0 saturated heterocycles. The number of rotatable bonds is 5. The zero-order valence-electron chi connectivity index (χ0n) is 19.1. The van der Waals surface area contributed by atoms with E-state index in [-0.39, 0.29) is 5.04 Å². The maximum Gasteiger partial charge on any atom is 0.192 e. The Hall–Kier alpha value is -2.55. The van der Waals surface area contributed by atoms with Crippen LogP contribution in [0, 0.1) is 0 Å². The first-order valence-corrected chi connectivity index (χ1v) is 14.3. The van der Waals surface area contributed by atoms with E-state index in [0.29, 0.717) is 18.2 Å². The molecule has 0 atom stereocenters. The van der Waals surface area contributed by atoms with Gasteiger partial charge in [-0.25, -0.2) is 15.0 Å². The Labute approximate surface area is 198 Å². The summed E-state index contributed by atoms with van der Waals surface area (Å²) in [5.74, 6) is 1.14. The van der Waals surface area contributed by atoms with Crippen molar-refractivity contribution < 1.29 is 4.43 Å². The number of hydrogen-bond acceptors (Lipinski definition) is 5. The molecule has 166 valence electrons. The van der Waals surface area contributed by atoms with Gasteiger partial charge in [0.1, 0.15) is 15.9 Å². The standard InChI is InChI=1S/C24H28BrN5OSi/c1-24(2,3)32(4,5)31-15-16-8-10-17(11-9-16)30-22(18-7-6-14-27-21(18)26)28-19-12-13-20(25)29-23(19)30/h6-14H,15H2,1-5H3,(H2,26,27). The van der Waals surface area contributed by atoms with Gasteiger partial charge in [-0.1, -0.05) is 32.9 Å². The van der Waals surface area contributed by atoms with Gasteiger partial charge in [-0.2, -0.15) is 0 Å². The van der Waals surface area contributed by atoms with Crippen molar-refractivity contribution in [3.05, 3.63) is 64.9 Å². The average Bonchev–Trinajstić information content (AvgIpc) is 3.10. The molecule has 1 aromatic carbocycles. The highest BCUT2D eigenvalue weighted by Gasteiger charge is 2.37. The molecule has 0 saturated carbocycles. The number of nitrogens with zero attached hydrogens (tertiary/aromatic N) is 4. The highest BCUT2D eigenvalue weighted by molar-refractivity contribution is 9.10. The minimum Gasteiger partial charge on any atom is -0.413 e. The number of nitrogen functional groups attached to an aromatic ring is 1. The molecule has 0 fully saturated rings. The molecule has 0 unspecified atom stereocenters. The summed E-state index contributed by atoms with van der Waals surface area (Å²) >= 11 is 3.48. The Balaban J connectivity index is 1.74. The van der Waals surface area contributed by atoms with Gasteiger partial charge in [0, 0.05) is 11.9 Å². The number of nitrogens with two attached hydrogens (primary N) is 1. The van der Waals surface area contributed by atoms with Crippen LogP contribution in [0.15, 0.2) is 59.3 Å². The van der Waals surface area contributed by atoms with Crippen LogP contribution in [0.1, 0.15) is 26.3 Å². The van der Waals surface area contributed by atoms with E-state index in [1.165, 1.54) is 0 Å². The normalized spacial score (nSPS) is 12.4. The van der Waals surface area contributed by atoms with Crippen LogP contribution in [0.4, 0.5) is 5.82 Å². The molecule has 0 bridgehead atoms. The van der Waals surface area contributed by atoms with Gasteiger partial charge in [0.2, 0.25) is 0 Å². The first-order valence-electron chi connectivity index (χ1n) is 10.6. The van der Waals surface area contributed by atoms with Crippen molar-refractivity contribution in [1.29, 1.82) is 0 Å². The van der Waals surface area contributed by atoms with E-state index in [9.17, 15) is 0 Å². The number of anilines is 1. The molecule has 0 aliphatic rings. The van der Waals surface area contributed by atoms with Crippen molar-refractivity contribution >= 4 is 41.2 Å². The zero-order chi connectivity index (χ0) is 23.1. The molecule has 32 heavy (non-hydrogen) atoms. The molecular weight excluding hydrogens is 482 g/mol. The fourth-order valence-corrected chi connectivity index (χ4v) is 4.45. The van der Waals surface area contributed by atoms with E-state index < -0.39 is 8.32 Å². The molecule has 0 aliphatic heterocycles. The molecule has 3 heterocycles. The fourth-order valence-electron chi connectivity index (χ4n) is 3.19. The molecule has 0 radical (unpaired) electrons. The molecule has 8 heteroatoms. The second kappa shape index (κ2) is 8.42. The average molecular weight is 511 g/mol. The summed E-state index contributed by atoms with van der Waals surface area (Å²) in [4.78, 5) is 13.7. The Morgan fingerprint density at radius 3 is 2.41 bits per heavy atom. The van der Waals surface area contributed by atoms with Crippen molar-refractivity contribution in [2.24, 2.45) is 0 Å². The third-order valence-corrected chi connectivity index (χ3v) is 11.1. The van der Waals surface area contributed by atoms with Crippen LogP contribution < -0.4 is 5.73 Å². The topological polar surface area (TPSA) is 78.9 Å². The maximum absolute atomic E-state index is 6.38. The summed E-state index contributed by atoms with van der Waals surface area (Å²) in [7, 11) is -1.81. The van der Waals surface area contributed by atoms with E-state index in [2.05, 4.69) is 84.0 Å². The lowest BCUT2D eigenvalue weighted by atomic mass is 10.2. The Kier molecular flexibility index (Phi) is 5.96. The molecular formula is C24H28BrN5OSi. The van der Waals surface area contributed by atoms with Gasteiger partial charge in [0.15, 0.2) is 19.8 Å². The van der Waals surface area contributed by atoms with Gasteiger partial charge in [-0.15, -0.1) is 0 Å². The lowest BCUT2D eigenvalue weighted by molar-refractivity contribution is 0.276. The first-order chi connectivity index (χ1) is 15.1. The number of benzene rings is 1. The van der Waals surface area contributed by atoms with E-state index in [0.717, 1.165) is 32.6 Å². The molecule has 4 aromatic rings. The molecule has 3 aromatic heterocycles. The van der Waals surface area contributed by atoms with E-state index in [1.807, 2.05) is 28.8 Å². The summed E-state index contributed by atoms with van der Waals surface area (Å²) < 4.78 is 9.15. The quantitative estimate of drug-likeness (QED) is 0.250. The third kappa shape index (κ3) is 4.35. The molecule has 2 N–H and O–H groups in total. The maximum atomic E-state index is 6.38. The molecule has 0 amide bonds. The third-order valence-electron chi connectivity index (χ3n) is 6.15. The predicted octanol–water partition coefficient (Wildman–Crippen LogP) is 6.35. The number of halogens is 1. The van der Waals surface area contributed by atoms with Gasteiger partial charge in [-0.05, 0) is 76.0 Å². The Morgan fingerprint density at radius 1 is 1.03 bits per heavy atom. The smallest absolute Gasteiger partial charge is 0.192 e. The summed E-state index contributed by atoms with van der Waals surface area (Å²) in [5.41, 5.74) is 10.6. The number of aromatic nitrogens is 4. The van der Waals surface area contributed by atoms with Crippen molar-refractivity contribution in [2.45, 2.75) is 45.5 Å². The zero-order valence-corrected chi connectivity index (χ0v) is 21.6. The van der Waals surface area contributed by atoms with Crippen LogP contribution >= 0.6 is 15.9 Å². The van der Waals surface area contributed by atoms with Gasteiger partial charge in [0.05, 0.1) is 12.2 Å². The number of pyridine rings is 2. The highest BCUT2D eigenvalue weighted by Crippen LogP contribution is 2.37. The van der Waals surface area contributed by atoms with Crippen molar-refractivity contribution in [3.63, 3.8) is 0 Å². The van der Waals surface area contributed by atoms with Crippen LogP contribution in [0.25, 0.3) is 28.2 Å². The van der Waals surface area contributed by atoms with Gasteiger partial charge in [0.25, 0.3) is 0 Å². The highest BCUT2D eigenvalue weighted by atomic mass is 79.9. The first kappa shape index (κ1) is 22.6. The molecule has 4 rings (SSSR count). The number of fused-ring (bicyclic) bond motifs is 1. The lowest BCUT2D eigenvalue weighted by Gasteiger charge is -2.36. The fraction of sp³-hybridized carbons (Fsp3) is 0.292. The number of hydrogen-bond donors (Lipinski definition) is 1. The van der Waals surface area contributed by atoms with Crippen molar-refractivity contribution in [3.8, 4) is 17.1 Å². The largest absolute Gasteiger partial charge is 0.413 e. The van der Waals surface area contributed by atoms with Gasteiger partial charge in [-0.3, -0.25) is 4.57 Å². The summed E-state index contributed by atoms with van der Waals surface area (Å²) in [6.45, 7) is 11.9. The van der Waals surface area contributed by atoms with Crippen LogP contribution in [0.5, 0.6) is 0 Å². The van der Waals surface area contributed by atoms with E-state index in [1.54, 1.807) is 6.20 Å². The Bertz CT molecular complexity index is 1260. The van der Waals surface area contributed by atoms with Crippen LogP contribution in [-0.4, -0.2) is 27.8 Å². The van der Waals surface area contributed by atoms with Crippen LogP contribution in [0.2, 0.25) is 18.1 Å². The summed E-state index contributed by atoms with van der Waals surface area (Å²) in [6, 6.07) is 16.0. The predicted molar refractivity (Wildman–Crippen MR) is 136 cm³/mol. The van der Waals surface area contributed by atoms with Crippen LogP contribution in [-0.2, 0) is 11.0 Å². The van der Waals surface area contributed by atoms with E-state index in [4.69, 9.17) is 15.1 Å². The Morgan fingerprint density at radius 2 is 1.75 bits per heavy atom.